The van der Waals surface area contributed by atoms with Crippen LogP contribution >= 0.6 is 0 Å². The third kappa shape index (κ3) is 3.98. The lowest BCUT2D eigenvalue weighted by Crippen LogP contribution is -3.00. The van der Waals surface area contributed by atoms with E-state index in [1.807, 2.05) is 6.08 Å². The quantitative estimate of drug-likeness (QED) is 0.254. The second kappa shape index (κ2) is 9.21. The molecular formula is C27H28BrN3. The third-order valence-corrected chi connectivity index (χ3v) is 6.26. The van der Waals surface area contributed by atoms with E-state index in [0.29, 0.717) is 0 Å². The summed E-state index contributed by atoms with van der Waals surface area (Å²) in [5.41, 5.74) is 6.39. The van der Waals surface area contributed by atoms with Crippen molar-refractivity contribution in [1.82, 2.24) is 4.90 Å². The van der Waals surface area contributed by atoms with Crippen LogP contribution in [0, 0.1) is 0 Å². The van der Waals surface area contributed by atoms with E-state index in [-0.39, 0.29) is 17.0 Å². The lowest BCUT2D eigenvalue weighted by molar-refractivity contribution is -0.634. The van der Waals surface area contributed by atoms with Gasteiger partial charge in [0.15, 0.2) is 6.54 Å². The fourth-order valence-electron chi connectivity index (χ4n) is 4.66. The van der Waals surface area contributed by atoms with Crippen LogP contribution in [0.3, 0.4) is 0 Å². The first-order valence-electron chi connectivity index (χ1n) is 10.7. The Hall–Kier alpha value is -2.69. The van der Waals surface area contributed by atoms with Gasteiger partial charge >= 0.3 is 0 Å². The van der Waals surface area contributed by atoms with Gasteiger partial charge in [0, 0.05) is 49.6 Å². The van der Waals surface area contributed by atoms with Crippen LogP contribution in [-0.2, 0) is 6.54 Å². The first-order chi connectivity index (χ1) is 14.8. The Morgan fingerprint density at radius 1 is 0.806 bits per heavy atom. The monoisotopic (exact) mass is 473 g/mol. The number of halogens is 1. The van der Waals surface area contributed by atoms with Gasteiger partial charge in [-0.3, -0.25) is 0 Å². The topological polar surface area (TPSA) is 10.4 Å². The minimum absolute atomic E-state index is 0. The van der Waals surface area contributed by atoms with E-state index in [1.165, 1.54) is 38.6 Å². The van der Waals surface area contributed by atoms with E-state index in [4.69, 9.17) is 0 Å². The van der Waals surface area contributed by atoms with Gasteiger partial charge in [0.05, 0.1) is 10.8 Å². The standard InChI is InChI=1S/C27H28N3.BrH/c1-3-16-30-25-10-6-4-8-23(25)27(24-9-5-7-11-26(24)30)21-12-14-22(15-13-21)29-19-17-28(2)18-20-29;/h3-15H,1,16-20H2,2H3;1H/q+1;/p-1. The molecule has 4 aromatic rings. The summed E-state index contributed by atoms with van der Waals surface area (Å²) in [5, 5.41) is 2.57. The number of nitrogens with zero attached hydrogens (tertiary/aromatic N) is 3. The molecule has 0 bridgehead atoms. The van der Waals surface area contributed by atoms with Crippen LogP contribution in [0.15, 0.2) is 85.5 Å². The number of pyridine rings is 1. The molecule has 5 rings (SSSR count). The average molecular weight is 474 g/mol. The van der Waals surface area contributed by atoms with Crippen molar-refractivity contribution in [3.8, 4) is 11.1 Å². The Morgan fingerprint density at radius 3 is 1.90 bits per heavy atom. The fourth-order valence-corrected chi connectivity index (χ4v) is 4.66. The van der Waals surface area contributed by atoms with Crippen LogP contribution in [0.2, 0.25) is 0 Å². The van der Waals surface area contributed by atoms with E-state index in [1.54, 1.807) is 0 Å². The molecule has 0 N–H and O–H groups in total. The Kier molecular flexibility index (Phi) is 6.40. The molecular weight excluding hydrogens is 446 g/mol. The number of benzene rings is 3. The van der Waals surface area contributed by atoms with Gasteiger partial charge in [-0.2, -0.15) is 4.57 Å². The number of para-hydroxylation sites is 2. The number of anilines is 1. The van der Waals surface area contributed by atoms with E-state index in [2.05, 4.69) is 101 Å². The number of fused-ring (bicyclic) bond motifs is 2. The summed E-state index contributed by atoms with van der Waals surface area (Å²) in [4.78, 5) is 4.88. The predicted molar refractivity (Wildman–Crippen MR) is 127 cm³/mol. The van der Waals surface area contributed by atoms with Crippen molar-refractivity contribution in [2.75, 3.05) is 38.1 Å². The van der Waals surface area contributed by atoms with Crippen molar-refractivity contribution in [3.05, 3.63) is 85.5 Å². The minimum atomic E-state index is 0. The maximum absolute atomic E-state index is 3.98. The number of rotatable bonds is 4. The maximum Gasteiger partial charge on any atom is 0.213 e. The van der Waals surface area contributed by atoms with Gasteiger partial charge in [-0.25, -0.2) is 0 Å². The normalized spacial score (nSPS) is 14.5. The molecule has 31 heavy (non-hydrogen) atoms. The lowest BCUT2D eigenvalue weighted by Gasteiger charge is -2.34. The van der Waals surface area contributed by atoms with Gasteiger partial charge in [-0.05, 0) is 43.0 Å². The summed E-state index contributed by atoms with van der Waals surface area (Å²) in [6, 6.07) is 26.6. The van der Waals surface area contributed by atoms with Crippen LogP contribution in [0.25, 0.3) is 32.9 Å². The number of allylic oxidation sites excluding steroid dienone is 1. The molecule has 158 valence electrons. The molecule has 0 radical (unpaired) electrons. The Labute approximate surface area is 195 Å². The molecule has 0 spiro atoms. The van der Waals surface area contributed by atoms with Gasteiger partial charge < -0.3 is 26.8 Å². The first kappa shape index (κ1) is 21.5. The van der Waals surface area contributed by atoms with E-state index in [9.17, 15) is 0 Å². The molecule has 0 saturated carbocycles. The van der Waals surface area contributed by atoms with E-state index < -0.39 is 0 Å². The zero-order chi connectivity index (χ0) is 20.5. The van der Waals surface area contributed by atoms with Crippen LogP contribution < -0.4 is 26.4 Å². The molecule has 1 fully saturated rings. The molecule has 1 aliphatic heterocycles. The number of hydrogen-bond donors (Lipinski definition) is 0. The summed E-state index contributed by atoms with van der Waals surface area (Å²) < 4.78 is 2.36. The smallest absolute Gasteiger partial charge is 0.213 e. The lowest BCUT2D eigenvalue weighted by atomic mass is 9.95. The second-order valence-electron chi connectivity index (χ2n) is 8.15. The summed E-state index contributed by atoms with van der Waals surface area (Å²) >= 11 is 0. The molecule has 4 heteroatoms. The highest BCUT2D eigenvalue weighted by Gasteiger charge is 2.20. The van der Waals surface area contributed by atoms with Crippen LogP contribution in [-0.4, -0.2) is 38.1 Å². The van der Waals surface area contributed by atoms with Crippen molar-refractivity contribution >= 4 is 27.5 Å². The summed E-state index contributed by atoms with van der Waals surface area (Å²) in [5.74, 6) is 0. The molecule has 1 aromatic heterocycles. The largest absolute Gasteiger partial charge is 1.00 e. The molecule has 1 saturated heterocycles. The van der Waals surface area contributed by atoms with Crippen molar-refractivity contribution in [2.24, 2.45) is 0 Å². The predicted octanol–water partition coefficient (Wildman–Crippen LogP) is 1.89. The van der Waals surface area contributed by atoms with Crippen LogP contribution in [0.1, 0.15) is 0 Å². The SMILES string of the molecule is C=CC[n+]1c2ccccc2c(-c2ccc(N3CCN(C)CC3)cc2)c2ccccc21.[Br-]. The number of aromatic nitrogens is 1. The highest BCUT2D eigenvalue weighted by Crippen LogP contribution is 2.35. The van der Waals surface area contributed by atoms with Crippen molar-refractivity contribution in [3.63, 3.8) is 0 Å². The van der Waals surface area contributed by atoms with Crippen molar-refractivity contribution < 1.29 is 21.5 Å². The van der Waals surface area contributed by atoms with E-state index >= 15 is 0 Å². The first-order valence-corrected chi connectivity index (χ1v) is 10.7. The number of likely N-dealkylation sites (N-methyl/N-ethyl adjacent to an activating group) is 1. The zero-order valence-corrected chi connectivity index (χ0v) is 19.6. The highest BCUT2D eigenvalue weighted by atomic mass is 79.9. The number of piperazine rings is 1. The molecule has 0 amide bonds. The second-order valence-corrected chi connectivity index (χ2v) is 8.15. The molecule has 2 heterocycles. The minimum Gasteiger partial charge on any atom is -1.00 e. The van der Waals surface area contributed by atoms with Crippen molar-refractivity contribution in [1.29, 1.82) is 0 Å². The van der Waals surface area contributed by atoms with Crippen LogP contribution in [0.5, 0.6) is 0 Å². The maximum atomic E-state index is 3.98. The van der Waals surface area contributed by atoms with Gasteiger partial charge in [0.25, 0.3) is 0 Å². The Balaban J connectivity index is 0.00000231. The fraction of sp³-hybridized carbons (Fsp3) is 0.222. The van der Waals surface area contributed by atoms with Crippen LogP contribution in [0.4, 0.5) is 5.69 Å². The summed E-state index contributed by atoms with van der Waals surface area (Å²) in [6.45, 7) is 9.21. The zero-order valence-electron chi connectivity index (χ0n) is 18.0. The molecule has 3 aromatic carbocycles. The summed E-state index contributed by atoms with van der Waals surface area (Å²) in [7, 11) is 2.20. The molecule has 0 unspecified atom stereocenters. The Bertz CT molecular complexity index is 1150. The molecule has 3 nitrogen and oxygen atoms in total. The molecule has 0 atom stereocenters. The van der Waals surface area contributed by atoms with Crippen molar-refractivity contribution in [2.45, 2.75) is 6.54 Å². The van der Waals surface area contributed by atoms with E-state index in [0.717, 1.165) is 32.7 Å². The molecule has 1 aliphatic rings. The Morgan fingerprint density at radius 2 is 1.35 bits per heavy atom. The van der Waals surface area contributed by atoms with Gasteiger partial charge in [-0.15, -0.1) is 0 Å². The molecule has 0 aliphatic carbocycles. The number of hydrogen-bond acceptors (Lipinski definition) is 2. The van der Waals surface area contributed by atoms with Gasteiger partial charge in [0.1, 0.15) is 0 Å². The average Bonchev–Trinajstić information content (AvgIpc) is 2.80. The third-order valence-electron chi connectivity index (χ3n) is 6.26. The highest BCUT2D eigenvalue weighted by molar-refractivity contribution is 6.07. The van der Waals surface area contributed by atoms with Gasteiger partial charge in [-0.1, -0.05) is 43.0 Å². The summed E-state index contributed by atoms with van der Waals surface area (Å²) in [6.07, 6.45) is 1.98. The van der Waals surface area contributed by atoms with Gasteiger partial charge in [0.2, 0.25) is 11.0 Å².